The van der Waals surface area contributed by atoms with Crippen molar-refractivity contribution in [2.24, 2.45) is 0 Å². The molecule has 0 aliphatic carbocycles. The van der Waals surface area contributed by atoms with Crippen molar-refractivity contribution in [1.29, 1.82) is 0 Å². The summed E-state index contributed by atoms with van der Waals surface area (Å²) >= 11 is 6.32. The van der Waals surface area contributed by atoms with Crippen molar-refractivity contribution in [3.8, 4) is 5.75 Å². The van der Waals surface area contributed by atoms with Gasteiger partial charge >= 0.3 is 5.69 Å². The number of rotatable bonds is 6. The van der Waals surface area contributed by atoms with Crippen molar-refractivity contribution in [2.75, 3.05) is 38.2 Å². The molecule has 0 unspecified atom stereocenters. The molecule has 0 N–H and O–H groups in total. The van der Waals surface area contributed by atoms with Gasteiger partial charge in [0.15, 0.2) is 0 Å². The van der Waals surface area contributed by atoms with E-state index in [2.05, 4.69) is 0 Å². The van der Waals surface area contributed by atoms with E-state index < -0.39 is 0 Å². The number of amides is 1. The molecule has 9 heteroatoms. The van der Waals surface area contributed by atoms with Crippen LogP contribution in [0, 0.1) is 0 Å². The Balaban J connectivity index is 1.80. The van der Waals surface area contributed by atoms with Gasteiger partial charge in [-0.25, -0.2) is 4.79 Å². The molecule has 1 aliphatic heterocycles. The van der Waals surface area contributed by atoms with Crippen molar-refractivity contribution >= 4 is 23.3 Å². The highest BCUT2D eigenvalue weighted by Gasteiger charge is 2.24. The molecule has 1 aromatic carbocycles. The van der Waals surface area contributed by atoms with Crippen LogP contribution in [0.2, 0.25) is 5.02 Å². The quantitative estimate of drug-likeness (QED) is 0.640. The number of benzene rings is 1. The Morgan fingerprint density at radius 1 is 1.00 bits per heavy atom. The first-order valence-corrected chi connectivity index (χ1v) is 11.7. The van der Waals surface area contributed by atoms with Gasteiger partial charge < -0.3 is 14.5 Å². The first kappa shape index (κ1) is 24.9. The van der Waals surface area contributed by atoms with E-state index in [0.29, 0.717) is 42.8 Å². The van der Waals surface area contributed by atoms with E-state index in [9.17, 15) is 14.4 Å². The number of hydrogen-bond acceptors (Lipinski definition) is 5. The van der Waals surface area contributed by atoms with E-state index in [1.165, 1.54) is 4.57 Å². The average molecular weight is 477 g/mol. The number of hydrogen-bond donors (Lipinski definition) is 0. The molecule has 1 saturated heterocycles. The summed E-state index contributed by atoms with van der Waals surface area (Å²) in [5.74, 6) is 1.27. The Kier molecular flexibility index (Phi) is 7.89. The number of ether oxygens (including phenoxy) is 1. The second kappa shape index (κ2) is 10.5. The highest BCUT2D eigenvalue weighted by molar-refractivity contribution is 6.31. The van der Waals surface area contributed by atoms with E-state index in [1.54, 1.807) is 29.9 Å². The minimum atomic E-state index is -0.298. The first-order valence-electron chi connectivity index (χ1n) is 11.4. The summed E-state index contributed by atoms with van der Waals surface area (Å²) in [4.78, 5) is 42.6. The van der Waals surface area contributed by atoms with Gasteiger partial charge in [0.1, 0.15) is 11.6 Å². The number of anilines is 1. The van der Waals surface area contributed by atoms with Crippen molar-refractivity contribution < 1.29 is 9.53 Å². The van der Waals surface area contributed by atoms with Crippen LogP contribution in [0.5, 0.6) is 5.75 Å². The van der Waals surface area contributed by atoms with Crippen LogP contribution in [-0.2, 0) is 11.2 Å². The van der Waals surface area contributed by atoms with E-state index in [0.717, 1.165) is 12.0 Å². The van der Waals surface area contributed by atoms with Crippen molar-refractivity contribution in [3.63, 3.8) is 0 Å². The number of aromatic nitrogens is 2. The predicted octanol–water partition coefficient (Wildman–Crippen LogP) is 3.12. The molecule has 33 heavy (non-hydrogen) atoms. The van der Waals surface area contributed by atoms with Gasteiger partial charge in [-0.3, -0.25) is 18.7 Å². The summed E-state index contributed by atoms with van der Waals surface area (Å²) in [5.41, 5.74) is 0.163. The lowest BCUT2D eigenvalue weighted by atomic mass is 10.1. The highest BCUT2D eigenvalue weighted by Crippen LogP contribution is 2.24. The van der Waals surface area contributed by atoms with Crippen LogP contribution in [-0.4, -0.2) is 53.2 Å². The molecule has 1 aromatic heterocycles. The van der Waals surface area contributed by atoms with Gasteiger partial charge in [-0.15, -0.1) is 0 Å². The molecule has 2 aromatic rings. The summed E-state index contributed by atoms with van der Waals surface area (Å²) in [6.07, 6.45) is 0.950. The third-order valence-electron chi connectivity index (χ3n) is 5.96. The lowest BCUT2D eigenvalue weighted by molar-refractivity contribution is -0.130. The van der Waals surface area contributed by atoms with Gasteiger partial charge in [-0.2, -0.15) is 0 Å². The molecule has 3 rings (SSSR count). The molecular weight excluding hydrogens is 444 g/mol. The molecule has 0 spiro atoms. The smallest absolute Gasteiger partial charge is 0.333 e. The highest BCUT2D eigenvalue weighted by atomic mass is 35.5. The Morgan fingerprint density at radius 3 is 2.30 bits per heavy atom. The molecule has 1 amide bonds. The van der Waals surface area contributed by atoms with Gasteiger partial charge in [0, 0.05) is 49.4 Å². The van der Waals surface area contributed by atoms with E-state index in [4.69, 9.17) is 16.3 Å². The lowest BCUT2D eigenvalue weighted by Gasteiger charge is -2.29. The molecule has 0 radical (unpaired) electrons. The zero-order valence-electron chi connectivity index (χ0n) is 20.0. The van der Waals surface area contributed by atoms with Crippen molar-refractivity contribution in [2.45, 2.75) is 52.6 Å². The number of methoxy groups -OCH3 is 1. The zero-order chi connectivity index (χ0) is 24.3. The topological polar surface area (TPSA) is 76.8 Å². The van der Waals surface area contributed by atoms with Crippen molar-refractivity contribution in [1.82, 2.24) is 14.0 Å². The van der Waals surface area contributed by atoms with Crippen LogP contribution in [0.4, 0.5) is 5.82 Å². The van der Waals surface area contributed by atoms with Crippen LogP contribution >= 0.6 is 11.6 Å². The average Bonchev–Trinajstić information content (AvgIpc) is 3.00. The normalized spacial score (nSPS) is 14.7. The fourth-order valence-corrected chi connectivity index (χ4v) is 4.47. The fourth-order valence-electron chi connectivity index (χ4n) is 4.23. The largest absolute Gasteiger partial charge is 0.497 e. The molecule has 8 nitrogen and oxygen atoms in total. The Hall–Kier alpha value is -2.74. The van der Waals surface area contributed by atoms with Gasteiger partial charge in [-0.05, 0) is 51.8 Å². The SMILES string of the molecule is COc1ccc(CC(=O)N2CCCN(c3cc(=O)n(C(C)C)c(=O)n3C(C)C)CC2)c(Cl)c1. The molecule has 0 saturated carbocycles. The maximum absolute atomic E-state index is 13.1. The monoisotopic (exact) mass is 476 g/mol. The minimum Gasteiger partial charge on any atom is -0.497 e. The van der Waals surface area contributed by atoms with Crippen LogP contribution in [0.25, 0.3) is 0 Å². The van der Waals surface area contributed by atoms with Crippen molar-refractivity contribution in [3.05, 3.63) is 55.7 Å². The number of carbonyl (C=O) groups is 1. The summed E-state index contributed by atoms with van der Waals surface area (Å²) in [5, 5.41) is 0.505. The summed E-state index contributed by atoms with van der Waals surface area (Å²) in [7, 11) is 1.57. The fraction of sp³-hybridized carbons (Fsp3) is 0.542. The van der Waals surface area contributed by atoms with Crippen LogP contribution in [0.3, 0.4) is 0 Å². The summed E-state index contributed by atoms with van der Waals surface area (Å²) in [6.45, 7) is 9.85. The van der Waals surface area contributed by atoms with Crippen LogP contribution in [0.15, 0.2) is 33.9 Å². The van der Waals surface area contributed by atoms with E-state index in [1.807, 2.05) is 43.6 Å². The minimum absolute atomic E-state index is 0.000363. The Bertz CT molecular complexity index is 1120. The van der Waals surface area contributed by atoms with Gasteiger partial charge in [0.05, 0.1) is 13.5 Å². The summed E-state index contributed by atoms with van der Waals surface area (Å²) in [6, 6.07) is 6.55. The Morgan fingerprint density at radius 2 is 1.70 bits per heavy atom. The first-order chi connectivity index (χ1) is 15.6. The predicted molar refractivity (Wildman–Crippen MR) is 131 cm³/mol. The Labute approximate surface area is 199 Å². The second-order valence-corrected chi connectivity index (χ2v) is 9.31. The van der Waals surface area contributed by atoms with Crippen LogP contribution < -0.4 is 20.9 Å². The lowest BCUT2D eigenvalue weighted by Crippen LogP contribution is -2.45. The third-order valence-corrected chi connectivity index (χ3v) is 6.31. The number of nitrogens with zero attached hydrogens (tertiary/aromatic N) is 4. The third kappa shape index (κ3) is 5.43. The maximum Gasteiger partial charge on any atom is 0.333 e. The second-order valence-electron chi connectivity index (χ2n) is 8.91. The molecule has 2 heterocycles. The zero-order valence-corrected chi connectivity index (χ0v) is 20.8. The van der Waals surface area contributed by atoms with Gasteiger partial charge in [0.25, 0.3) is 5.56 Å². The van der Waals surface area contributed by atoms with Gasteiger partial charge in [0.2, 0.25) is 5.91 Å². The standard InChI is InChI=1S/C24H33ClN4O4/c1-16(2)28-21(15-23(31)29(17(3)4)24(28)32)26-9-6-10-27(12-11-26)22(30)13-18-7-8-19(33-5)14-20(18)25/h7-8,14-17H,6,9-13H2,1-5H3. The maximum atomic E-state index is 13.1. The summed E-state index contributed by atoms with van der Waals surface area (Å²) < 4.78 is 8.14. The molecular formula is C24H33ClN4O4. The molecule has 180 valence electrons. The molecule has 0 bridgehead atoms. The van der Waals surface area contributed by atoms with Gasteiger partial charge in [-0.1, -0.05) is 17.7 Å². The number of halogens is 1. The van der Waals surface area contributed by atoms with E-state index >= 15 is 0 Å². The molecule has 1 aliphatic rings. The van der Waals surface area contributed by atoms with E-state index in [-0.39, 0.29) is 35.7 Å². The number of carbonyl (C=O) groups excluding carboxylic acids is 1. The van der Waals surface area contributed by atoms with Crippen LogP contribution in [0.1, 0.15) is 51.8 Å². The molecule has 1 fully saturated rings. The molecule has 0 atom stereocenters.